The zero-order chi connectivity index (χ0) is 33.3. The Bertz CT molecular complexity index is 1360. The van der Waals surface area contributed by atoms with Crippen molar-refractivity contribution in [1.82, 2.24) is 30.0 Å². The van der Waals surface area contributed by atoms with Crippen molar-refractivity contribution in [1.29, 1.82) is 0 Å². The van der Waals surface area contributed by atoms with Gasteiger partial charge < -0.3 is 34.2 Å². The van der Waals surface area contributed by atoms with Gasteiger partial charge in [-0.2, -0.15) is 4.98 Å². The molecule has 3 heterocycles. The molecule has 250 valence electrons. The molecule has 1 unspecified atom stereocenters. The summed E-state index contributed by atoms with van der Waals surface area (Å²) < 4.78 is 16.8. The quantitative estimate of drug-likeness (QED) is 0.386. The van der Waals surface area contributed by atoms with Crippen LogP contribution in [0, 0.1) is 0 Å². The van der Waals surface area contributed by atoms with E-state index in [1.165, 1.54) is 6.07 Å². The normalized spacial score (nSPS) is 18.0. The Balaban J connectivity index is 1.55. The maximum absolute atomic E-state index is 13.8. The highest BCUT2D eigenvalue weighted by atomic mass is 16.6. The number of rotatable bonds is 10. The van der Waals surface area contributed by atoms with Gasteiger partial charge in [0.1, 0.15) is 23.4 Å². The number of hydrogen-bond donors (Lipinski definition) is 1. The van der Waals surface area contributed by atoms with E-state index in [1.54, 1.807) is 37.5 Å². The summed E-state index contributed by atoms with van der Waals surface area (Å²) in [4.78, 5) is 66.8. The number of nitrogens with zero attached hydrogens (tertiary/aromatic N) is 5. The molecule has 46 heavy (non-hydrogen) atoms. The van der Waals surface area contributed by atoms with Crippen LogP contribution in [0.1, 0.15) is 63.9 Å². The number of carbonyl (C=O) groups excluding carboxylic acids is 4. The number of benzene rings is 1. The molecule has 13 heteroatoms. The van der Waals surface area contributed by atoms with Crippen LogP contribution >= 0.6 is 0 Å². The molecule has 2 aromatic rings. The maximum Gasteiger partial charge on any atom is 0.409 e. The highest BCUT2D eigenvalue weighted by Crippen LogP contribution is 2.22. The van der Waals surface area contributed by atoms with Crippen LogP contribution in [-0.2, 0) is 19.1 Å². The molecule has 2 aliphatic heterocycles. The van der Waals surface area contributed by atoms with Crippen LogP contribution in [0.3, 0.4) is 0 Å². The van der Waals surface area contributed by atoms with Gasteiger partial charge in [0.25, 0.3) is 5.91 Å². The molecule has 1 N–H and O–H groups in total. The van der Waals surface area contributed by atoms with E-state index in [0.29, 0.717) is 24.5 Å². The molecule has 2 fully saturated rings. The molecule has 13 nitrogen and oxygen atoms in total. The van der Waals surface area contributed by atoms with Gasteiger partial charge in [0.05, 0.1) is 6.61 Å². The third-order valence-electron chi connectivity index (χ3n) is 7.61. The summed E-state index contributed by atoms with van der Waals surface area (Å²) in [6.45, 7) is 10.1. The van der Waals surface area contributed by atoms with Gasteiger partial charge in [-0.05, 0) is 60.5 Å². The van der Waals surface area contributed by atoms with Gasteiger partial charge in [-0.25, -0.2) is 9.78 Å². The topological polar surface area (TPSA) is 144 Å². The van der Waals surface area contributed by atoms with Crippen LogP contribution in [0.4, 0.5) is 4.79 Å². The van der Waals surface area contributed by atoms with Crippen molar-refractivity contribution in [3.63, 3.8) is 0 Å². The first-order valence-corrected chi connectivity index (χ1v) is 15.9. The number of likely N-dealkylation sites (tertiary alicyclic amines) is 1. The summed E-state index contributed by atoms with van der Waals surface area (Å²) in [6, 6.07) is 9.73. The van der Waals surface area contributed by atoms with Crippen molar-refractivity contribution in [3.05, 3.63) is 42.1 Å². The highest BCUT2D eigenvalue weighted by molar-refractivity contribution is 5.96. The number of ether oxygens (including phenoxy) is 3. The molecule has 3 amide bonds. The van der Waals surface area contributed by atoms with E-state index in [-0.39, 0.29) is 56.1 Å². The standard InChI is InChI=1S/C33H46N6O7/c1-6-44-32(43)39-19-17-38(18-20-39)31(42)25(14-15-28(40)46-33(2,3)4)35-30(41)26-21-27(45-24-13-10-16-37(5)22-24)36-29(34-26)23-11-8-7-9-12-23/h7-9,11-12,21,24-25H,6,10,13-20,22H2,1-5H3,(H,35,41)/t24-,25?/m0/s1. The highest BCUT2D eigenvalue weighted by Gasteiger charge is 2.32. The second-order valence-electron chi connectivity index (χ2n) is 12.6. The molecular formula is C33H46N6O7. The summed E-state index contributed by atoms with van der Waals surface area (Å²) in [5.41, 5.74) is 0.0525. The molecule has 1 aromatic carbocycles. The van der Waals surface area contributed by atoms with E-state index in [2.05, 4.69) is 20.2 Å². The fourth-order valence-electron chi connectivity index (χ4n) is 5.39. The number of likely N-dealkylation sites (N-methyl/N-ethyl adjacent to an activating group) is 1. The van der Waals surface area contributed by atoms with Gasteiger partial charge in [0.2, 0.25) is 11.8 Å². The summed E-state index contributed by atoms with van der Waals surface area (Å²) in [5.74, 6) is -0.851. The zero-order valence-electron chi connectivity index (χ0n) is 27.5. The third-order valence-corrected chi connectivity index (χ3v) is 7.61. The van der Waals surface area contributed by atoms with E-state index >= 15 is 0 Å². The molecule has 0 spiro atoms. The van der Waals surface area contributed by atoms with Gasteiger partial charge in [0.15, 0.2) is 5.82 Å². The van der Waals surface area contributed by atoms with Gasteiger partial charge in [-0.3, -0.25) is 14.4 Å². The third kappa shape index (κ3) is 10.1. The van der Waals surface area contributed by atoms with E-state index in [0.717, 1.165) is 25.9 Å². The molecule has 0 bridgehead atoms. The molecule has 0 saturated carbocycles. The lowest BCUT2D eigenvalue weighted by atomic mass is 10.1. The minimum atomic E-state index is -1.04. The fraction of sp³-hybridized carbons (Fsp3) is 0.576. The lowest BCUT2D eigenvalue weighted by Gasteiger charge is -2.36. The summed E-state index contributed by atoms with van der Waals surface area (Å²) >= 11 is 0. The van der Waals surface area contributed by atoms with Crippen molar-refractivity contribution in [2.24, 2.45) is 0 Å². The first-order chi connectivity index (χ1) is 21.9. The van der Waals surface area contributed by atoms with E-state index < -0.39 is 29.6 Å². The number of nitrogens with one attached hydrogen (secondary N) is 1. The van der Waals surface area contributed by atoms with Crippen molar-refractivity contribution in [2.45, 2.75) is 71.1 Å². The van der Waals surface area contributed by atoms with E-state index in [4.69, 9.17) is 14.2 Å². The Morgan fingerprint density at radius 1 is 1.00 bits per heavy atom. The predicted molar refractivity (Wildman–Crippen MR) is 170 cm³/mol. The van der Waals surface area contributed by atoms with Crippen LogP contribution in [0.25, 0.3) is 11.4 Å². The minimum Gasteiger partial charge on any atom is -0.473 e. The van der Waals surface area contributed by atoms with Crippen molar-refractivity contribution < 1.29 is 33.4 Å². The first kappa shape index (κ1) is 34.6. The average molecular weight is 639 g/mol. The van der Waals surface area contributed by atoms with E-state index in [9.17, 15) is 19.2 Å². The van der Waals surface area contributed by atoms with Crippen molar-refractivity contribution in [2.75, 3.05) is 52.9 Å². The average Bonchev–Trinajstić information content (AvgIpc) is 3.02. The van der Waals surface area contributed by atoms with Gasteiger partial charge in [-0.1, -0.05) is 30.3 Å². The summed E-state index contributed by atoms with van der Waals surface area (Å²) in [7, 11) is 2.04. The van der Waals surface area contributed by atoms with Crippen LogP contribution < -0.4 is 10.1 Å². The molecule has 2 atom stereocenters. The number of piperazine rings is 1. The smallest absolute Gasteiger partial charge is 0.409 e. The van der Waals surface area contributed by atoms with Gasteiger partial charge in [0, 0.05) is 50.8 Å². The second-order valence-corrected chi connectivity index (χ2v) is 12.6. The molecule has 4 rings (SSSR count). The number of hydrogen-bond acceptors (Lipinski definition) is 10. The predicted octanol–water partition coefficient (Wildman–Crippen LogP) is 3.14. The molecule has 0 aliphatic carbocycles. The number of aromatic nitrogens is 2. The number of esters is 1. The number of amides is 3. The molecule has 1 aromatic heterocycles. The first-order valence-electron chi connectivity index (χ1n) is 15.9. The van der Waals surface area contributed by atoms with E-state index in [1.807, 2.05) is 37.4 Å². The van der Waals surface area contributed by atoms with Gasteiger partial charge >= 0.3 is 12.1 Å². The van der Waals surface area contributed by atoms with Crippen molar-refractivity contribution in [3.8, 4) is 17.3 Å². The summed E-state index contributed by atoms with van der Waals surface area (Å²) in [6.07, 6.45) is 1.26. The Morgan fingerprint density at radius 3 is 2.35 bits per heavy atom. The molecule has 0 radical (unpaired) electrons. The van der Waals surface area contributed by atoms with Gasteiger partial charge in [-0.15, -0.1) is 0 Å². The molecule has 2 saturated heterocycles. The van der Waals surface area contributed by atoms with Crippen LogP contribution in [0.5, 0.6) is 5.88 Å². The zero-order valence-corrected chi connectivity index (χ0v) is 27.5. The minimum absolute atomic E-state index is 0.0198. The summed E-state index contributed by atoms with van der Waals surface area (Å²) in [5, 5.41) is 2.82. The van der Waals surface area contributed by atoms with Crippen LogP contribution in [-0.4, -0.2) is 119 Å². The Morgan fingerprint density at radius 2 is 1.70 bits per heavy atom. The van der Waals surface area contributed by atoms with Crippen LogP contribution in [0.2, 0.25) is 0 Å². The SMILES string of the molecule is CCOC(=O)N1CCN(C(=O)C(CCC(=O)OC(C)(C)C)NC(=O)c2cc(O[C@H]3CCCN(C)C3)nc(-c3ccccc3)n2)CC1. The maximum atomic E-state index is 13.8. The monoisotopic (exact) mass is 638 g/mol. The largest absolute Gasteiger partial charge is 0.473 e. The fourth-order valence-corrected chi connectivity index (χ4v) is 5.39. The Labute approximate surface area is 270 Å². The molecule has 2 aliphatic rings. The number of piperidine rings is 1. The second kappa shape index (κ2) is 15.8. The lowest BCUT2D eigenvalue weighted by Crippen LogP contribution is -2.56. The lowest BCUT2D eigenvalue weighted by molar-refractivity contribution is -0.155. The Kier molecular flexibility index (Phi) is 11.9. The molecular weight excluding hydrogens is 592 g/mol. The van der Waals surface area contributed by atoms with Crippen molar-refractivity contribution >= 4 is 23.9 Å². The van der Waals surface area contributed by atoms with Crippen LogP contribution in [0.15, 0.2) is 36.4 Å². The number of carbonyl (C=O) groups is 4. The Hall–Kier alpha value is -4.26.